The van der Waals surface area contributed by atoms with Crippen molar-refractivity contribution in [2.45, 2.75) is 26.1 Å². The number of halogens is 2. The van der Waals surface area contributed by atoms with Crippen LogP contribution in [-0.4, -0.2) is 20.7 Å². The van der Waals surface area contributed by atoms with Crippen molar-refractivity contribution >= 4 is 33.3 Å². The molecule has 2 aromatic rings. The zero-order valence-corrected chi connectivity index (χ0v) is 13.3. The van der Waals surface area contributed by atoms with Gasteiger partial charge in [0.25, 0.3) is 0 Å². The van der Waals surface area contributed by atoms with E-state index >= 15 is 0 Å². The first-order valence-corrected chi connectivity index (χ1v) is 7.13. The molecule has 0 spiro atoms. The zero-order valence-electron chi connectivity index (χ0n) is 10.9. The molecule has 2 rings (SSSR count). The second-order valence-electron chi connectivity index (χ2n) is 4.46. The molecule has 0 amide bonds. The van der Waals surface area contributed by atoms with Gasteiger partial charge in [0.15, 0.2) is 5.78 Å². The molecular formula is C14H14BrClN2O. The van der Waals surface area contributed by atoms with E-state index in [0.29, 0.717) is 5.56 Å². The highest BCUT2D eigenvalue weighted by molar-refractivity contribution is 9.10. The van der Waals surface area contributed by atoms with Crippen molar-refractivity contribution in [1.29, 1.82) is 0 Å². The summed E-state index contributed by atoms with van der Waals surface area (Å²) in [7, 11) is 0. The highest BCUT2D eigenvalue weighted by Gasteiger charge is 2.20. The molecule has 0 fully saturated rings. The lowest BCUT2D eigenvalue weighted by molar-refractivity contribution is 0.0991. The molecule has 19 heavy (non-hydrogen) atoms. The van der Waals surface area contributed by atoms with Crippen LogP contribution < -0.4 is 0 Å². The Bertz CT molecular complexity index is 634. The van der Waals surface area contributed by atoms with Crippen LogP contribution >= 0.6 is 27.5 Å². The highest BCUT2D eigenvalue weighted by atomic mass is 79.9. The topological polar surface area (TPSA) is 34.9 Å². The average Bonchev–Trinajstić information content (AvgIpc) is 2.63. The average molecular weight is 342 g/mol. The van der Waals surface area contributed by atoms with E-state index in [1.54, 1.807) is 19.3 Å². The number of carbonyl (C=O) groups excluding carboxylic acids is 1. The van der Waals surface area contributed by atoms with Crippen molar-refractivity contribution < 1.29 is 4.79 Å². The van der Waals surface area contributed by atoms with E-state index in [-0.39, 0.29) is 5.78 Å². The smallest absolute Gasteiger partial charge is 0.182 e. The van der Waals surface area contributed by atoms with Gasteiger partial charge in [-0.2, -0.15) is 0 Å². The molecule has 2 heterocycles. The fourth-order valence-corrected chi connectivity index (χ4v) is 2.62. The molecule has 3 nitrogen and oxygen atoms in total. The molecule has 2 aromatic heterocycles. The Labute approximate surface area is 125 Å². The molecule has 0 aromatic carbocycles. The number of alkyl halides is 1. The summed E-state index contributed by atoms with van der Waals surface area (Å²) in [6, 6.07) is 3.84. The minimum atomic E-state index is -0.519. The van der Waals surface area contributed by atoms with Crippen molar-refractivity contribution in [1.82, 2.24) is 9.55 Å². The quantitative estimate of drug-likeness (QED) is 0.623. The zero-order chi connectivity index (χ0) is 14.2. The van der Waals surface area contributed by atoms with E-state index in [0.717, 1.165) is 21.5 Å². The van der Waals surface area contributed by atoms with E-state index < -0.39 is 5.38 Å². The van der Waals surface area contributed by atoms with E-state index in [1.165, 1.54) is 0 Å². The number of carbonyl (C=O) groups is 1. The molecule has 0 aliphatic rings. The minimum Gasteiger partial charge on any atom is -0.316 e. The van der Waals surface area contributed by atoms with Gasteiger partial charge in [0.2, 0.25) is 0 Å². The Morgan fingerprint density at radius 2 is 2.05 bits per heavy atom. The summed E-state index contributed by atoms with van der Waals surface area (Å²) < 4.78 is 2.90. The van der Waals surface area contributed by atoms with Crippen molar-refractivity contribution in [2.24, 2.45) is 0 Å². The molecule has 0 radical (unpaired) electrons. The monoisotopic (exact) mass is 340 g/mol. The Hall–Kier alpha value is -1.13. The van der Waals surface area contributed by atoms with Gasteiger partial charge in [-0.25, -0.2) is 0 Å². The second-order valence-corrected chi connectivity index (χ2v) is 6.03. The van der Waals surface area contributed by atoms with Crippen LogP contribution in [0.15, 0.2) is 29.0 Å². The van der Waals surface area contributed by atoms with Gasteiger partial charge < -0.3 is 4.57 Å². The number of aryl methyl sites for hydroxylation is 1. The van der Waals surface area contributed by atoms with Gasteiger partial charge in [0.1, 0.15) is 0 Å². The van der Waals surface area contributed by atoms with Crippen molar-refractivity contribution in [3.63, 3.8) is 0 Å². The van der Waals surface area contributed by atoms with Crippen LogP contribution in [0.2, 0.25) is 0 Å². The van der Waals surface area contributed by atoms with Crippen molar-refractivity contribution in [3.8, 4) is 5.69 Å². The molecule has 5 heteroatoms. The molecule has 1 atom stereocenters. The van der Waals surface area contributed by atoms with Gasteiger partial charge in [-0.05, 0) is 48.8 Å². The first-order chi connectivity index (χ1) is 8.91. The summed E-state index contributed by atoms with van der Waals surface area (Å²) in [6.45, 7) is 5.57. The molecule has 1 unspecified atom stereocenters. The number of hydrogen-bond acceptors (Lipinski definition) is 2. The Morgan fingerprint density at radius 3 is 2.63 bits per heavy atom. The van der Waals surface area contributed by atoms with Crippen LogP contribution in [0.3, 0.4) is 0 Å². The molecule has 100 valence electrons. The van der Waals surface area contributed by atoms with Crippen LogP contribution in [0.5, 0.6) is 0 Å². The van der Waals surface area contributed by atoms with Crippen molar-refractivity contribution in [3.05, 3.63) is 46.0 Å². The lowest BCUT2D eigenvalue weighted by atomic mass is 10.1. The third-order valence-electron chi connectivity index (χ3n) is 3.01. The molecule has 0 aliphatic heterocycles. The van der Waals surface area contributed by atoms with Crippen LogP contribution in [0.25, 0.3) is 5.69 Å². The molecule has 0 N–H and O–H groups in total. The lowest BCUT2D eigenvalue weighted by Gasteiger charge is -2.10. The van der Waals surface area contributed by atoms with Gasteiger partial charge in [-0.15, -0.1) is 11.6 Å². The van der Waals surface area contributed by atoms with Gasteiger partial charge in [-0.3, -0.25) is 9.78 Å². The summed E-state index contributed by atoms with van der Waals surface area (Å²) in [5.74, 6) is -0.0519. The van der Waals surface area contributed by atoms with Gasteiger partial charge >= 0.3 is 0 Å². The van der Waals surface area contributed by atoms with Crippen LogP contribution in [-0.2, 0) is 0 Å². The van der Waals surface area contributed by atoms with E-state index in [1.807, 2.05) is 30.5 Å². The third-order valence-corrected chi connectivity index (χ3v) is 3.64. The lowest BCUT2D eigenvalue weighted by Crippen LogP contribution is -2.11. The number of pyridine rings is 1. The molecule has 0 aliphatic carbocycles. The molecule has 0 saturated carbocycles. The number of nitrogens with zero attached hydrogens (tertiary/aromatic N) is 2. The third kappa shape index (κ3) is 2.74. The maximum absolute atomic E-state index is 12.1. The van der Waals surface area contributed by atoms with Crippen LogP contribution in [0.1, 0.15) is 28.7 Å². The fraction of sp³-hybridized carbons (Fsp3) is 0.286. The van der Waals surface area contributed by atoms with E-state index in [9.17, 15) is 4.79 Å². The van der Waals surface area contributed by atoms with Crippen LogP contribution in [0.4, 0.5) is 0 Å². The maximum atomic E-state index is 12.1. The van der Waals surface area contributed by atoms with Gasteiger partial charge in [0.05, 0.1) is 17.3 Å². The largest absolute Gasteiger partial charge is 0.316 e. The summed E-state index contributed by atoms with van der Waals surface area (Å²) in [4.78, 5) is 16.2. The number of ketones is 1. The predicted octanol–water partition coefficient (Wildman–Crippen LogP) is 4.06. The Morgan fingerprint density at radius 1 is 1.37 bits per heavy atom. The number of rotatable bonds is 3. The SMILES string of the molecule is Cc1cc(C(=O)C(C)Cl)c(C)n1-c1cncc(Br)c1. The first kappa shape index (κ1) is 14.3. The maximum Gasteiger partial charge on any atom is 0.182 e. The standard InChI is InChI=1S/C14H14BrClN2O/c1-8-4-13(14(19)9(2)16)10(3)18(8)12-5-11(15)6-17-7-12/h4-7,9H,1-3H3. The summed E-state index contributed by atoms with van der Waals surface area (Å²) in [6.07, 6.45) is 3.49. The molecule has 0 saturated heterocycles. The molecule has 0 bridgehead atoms. The summed E-state index contributed by atoms with van der Waals surface area (Å²) in [5.41, 5.74) is 3.46. The molecular weight excluding hydrogens is 328 g/mol. The van der Waals surface area contributed by atoms with E-state index in [2.05, 4.69) is 20.9 Å². The summed E-state index contributed by atoms with van der Waals surface area (Å²) >= 11 is 9.29. The predicted molar refractivity (Wildman–Crippen MR) is 80.4 cm³/mol. The minimum absolute atomic E-state index is 0.0519. The van der Waals surface area contributed by atoms with Gasteiger partial charge in [0, 0.05) is 27.6 Å². The highest BCUT2D eigenvalue weighted by Crippen LogP contribution is 2.23. The van der Waals surface area contributed by atoms with Crippen molar-refractivity contribution in [2.75, 3.05) is 0 Å². The number of Topliss-reactive ketones (excluding diaryl/α,β-unsaturated/α-hetero) is 1. The number of aromatic nitrogens is 2. The number of hydrogen-bond donors (Lipinski definition) is 0. The van der Waals surface area contributed by atoms with Crippen LogP contribution in [0, 0.1) is 13.8 Å². The summed E-state index contributed by atoms with van der Waals surface area (Å²) in [5, 5.41) is -0.519. The normalized spacial score (nSPS) is 12.5. The van der Waals surface area contributed by atoms with Gasteiger partial charge in [-0.1, -0.05) is 0 Å². The van der Waals surface area contributed by atoms with E-state index in [4.69, 9.17) is 11.6 Å². The second kappa shape index (κ2) is 5.47. The fourth-order valence-electron chi connectivity index (χ4n) is 2.15. The Balaban J connectivity index is 2.57. The Kier molecular flexibility index (Phi) is 4.11. The first-order valence-electron chi connectivity index (χ1n) is 5.90.